The third-order valence-corrected chi connectivity index (χ3v) is 6.06. The highest BCUT2D eigenvalue weighted by molar-refractivity contribution is 7.13. The van der Waals surface area contributed by atoms with E-state index in [0.717, 1.165) is 62.4 Å². The third-order valence-electron chi connectivity index (χ3n) is 5.16. The minimum atomic E-state index is 0.00321. The van der Waals surface area contributed by atoms with Crippen LogP contribution in [0.2, 0.25) is 0 Å². The van der Waals surface area contributed by atoms with Gasteiger partial charge in [-0.1, -0.05) is 0 Å². The van der Waals surface area contributed by atoms with Gasteiger partial charge in [-0.2, -0.15) is 0 Å². The van der Waals surface area contributed by atoms with Crippen LogP contribution in [-0.4, -0.2) is 67.9 Å². The molecule has 0 aromatic carbocycles. The summed E-state index contributed by atoms with van der Waals surface area (Å²) in [7, 11) is 0. The van der Waals surface area contributed by atoms with Crippen molar-refractivity contribution in [2.24, 2.45) is 5.92 Å². The van der Waals surface area contributed by atoms with Crippen LogP contribution in [0.3, 0.4) is 0 Å². The lowest BCUT2D eigenvalue weighted by Crippen LogP contribution is -2.52. The highest BCUT2D eigenvalue weighted by atomic mass is 32.1. The summed E-state index contributed by atoms with van der Waals surface area (Å²) in [6, 6.07) is 4.01. The van der Waals surface area contributed by atoms with Gasteiger partial charge in [0.2, 0.25) is 5.91 Å². The van der Waals surface area contributed by atoms with E-state index in [1.165, 1.54) is 11.3 Å². The van der Waals surface area contributed by atoms with Gasteiger partial charge in [0.15, 0.2) is 10.8 Å². The number of nitrogens with zero attached hydrogens (tertiary/aromatic N) is 2. The highest BCUT2D eigenvalue weighted by Gasteiger charge is 2.31. The maximum Gasteiger partial charge on any atom is 0.226 e. The Morgan fingerprint density at radius 1 is 1.33 bits per heavy atom. The molecule has 0 bridgehead atoms. The number of carbonyl (C=O) groups is 1. The number of amides is 1. The molecule has 146 valence electrons. The molecular weight excluding hydrogens is 366 g/mol. The molecule has 1 N–H and O–H groups in total. The van der Waals surface area contributed by atoms with Crippen LogP contribution >= 0.6 is 11.3 Å². The molecule has 7 nitrogen and oxygen atoms in total. The molecule has 2 aliphatic rings. The Labute approximate surface area is 162 Å². The summed E-state index contributed by atoms with van der Waals surface area (Å²) >= 11 is 1.49. The predicted octanol–water partition coefficient (Wildman–Crippen LogP) is 1.80. The van der Waals surface area contributed by atoms with Gasteiger partial charge in [0, 0.05) is 43.6 Å². The third kappa shape index (κ3) is 4.76. The Kier molecular flexibility index (Phi) is 6.18. The summed E-state index contributed by atoms with van der Waals surface area (Å²) in [6.45, 7) is 5.57. The molecule has 0 radical (unpaired) electrons. The number of nitrogens with one attached hydrogen (secondary N) is 1. The lowest BCUT2D eigenvalue weighted by atomic mass is 9.97. The van der Waals surface area contributed by atoms with Crippen molar-refractivity contribution >= 4 is 17.2 Å². The Morgan fingerprint density at radius 2 is 2.22 bits per heavy atom. The molecule has 2 fully saturated rings. The fourth-order valence-corrected chi connectivity index (χ4v) is 4.49. The molecule has 2 saturated heterocycles. The Bertz CT molecular complexity index is 721. The number of hydrogen-bond donors (Lipinski definition) is 1. The summed E-state index contributed by atoms with van der Waals surface area (Å²) < 4.78 is 16.4. The first-order valence-electron chi connectivity index (χ1n) is 9.44. The van der Waals surface area contributed by atoms with E-state index in [0.29, 0.717) is 18.5 Å². The lowest BCUT2D eigenvalue weighted by molar-refractivity contribution is -0.121. The number of hydrogen-bond acceptors (Lipinski definition) is 7. The highest BCUT2D eigenvalue weighted by Crippen LogP contribution is 2.24. The topological polar surface area (TPSA) is 76.8 Å². The van der Waals surface area contributed by atoms with Gasteiger partial charge >= 0.3 is 0 Å². The molecule has 2 atom stereocenters. The zero-order valence-electron chi connectivity index (χ0n) is 15.3. The molecule has 4 heterocycles. The summed E-state index contributed by atoms with van der Waals surface area (Å²) in [5.74, 6) is 1.21. The molecule has 8 heteroatoms. The van der Waals surface area contributed by atoms with Gasteiger partial charge in [0.25, 0.3) is 0 Å². The molecule has 2 aromatic rings. The molecule has 4 rings (SSSR count). The molecule has 2 aromatic heterocycles. The van der Waals surface area contributed by atoms with E-state index in [9.17, 15) is 4.79 Å². The number of furan rings is 1. The molecule has 0 unspecified atom stereocenters. The van der Waals surface area contributed by atoms with Crippen molar-refractivity contribution in [1.82, 2.24) is 15.2 Å². The number of morpholine rings is 1. The normalized spacial score (nSPS) is 22.0. The van der Waals surface area contributed by atoms with Crippen LogP contribution < -0.4 is 5.32 Å². The van der Waals surface area contributed by atoms with Gasteiger partial charge in [-0.05, 0) is 18.6 Å². The van der Waals surface area contributed by atoms with Crippen molar-refractivity contribution in [2.45, 2.75) is 18.9 Å². The first kappa shape index (κ1) is 18.6. The van der Waals surface area contributed by atoms with Crippen molar-refractivity contribution in [2.75, 3.05) is 46.1 Å². The largest absolute Gasteiger partial charge is 0.462 e. The molecule has 2 aliphatic heterocycles. The second kappa shape index (κ2) is 8.97. The first-order valence-corrected chi connectivity index (χ1v) is 10.3. The SMILES string of the molecule is O=C(Cc1csc(-c2ccco2)n1)NC[C@@H]([C@H]1CCOC1)N1CCOCC1. The quantitative estimate of drug-likeness (QED) is 0.776. The summed E-state index contributed by atoms with van der Waals surface area (Å²) in [4.78, 5) is 19.4. The summed E-state index contributed by atoms with van der Waals surface area (Å²) in [6.07, 6.45) is 2.96. The van der Waals surface area contributed by atoms with Gasteiger partial charge in [-0.3, -0.25) is 9.69 Å². The van der Waals surface area contributed by atoms with Crippen molar-refractivity contribution in [3.8, 4) is 10.8 Å². The maximum absolute atomic E-state index is 12.5. The Hall–Kier alpha value is -1.74. The minimum absolute atomic E-state index is 0.00321. The average molecular weight is 391 g/mol. The maximum atomic E-state index is 12.5. The summed E-state index contributed by atoms with van der Waals surface area (Å²) in [5, 5.41) is 5.83. The number of aromatic nitrogens is 1. The van der Waals surface area contributed by atoms with Crippen LogP contribution in [0, 0.1) is 5.92 Å². The molecular formula is C19H25N3O4S. The van der Waals surface area contributed by atoms with E-state index >= 15 is 0 Å². The number of rotatable bonds is 7. The van der Waals surface area contributed by atoms with E-state index in [2.05, 4.69) is 15.2 Å². The van der Waals surface area contributed by atoms with Crippen LogP contribution in [0.25, 0.3) is 10.8 Å². The van der Waals surface area contributed by atoms with Gasteiger partial charge < -0.3 is 19.2 Å². The Balaban J connectivity index is 1.32. The van der Waals surface area contributed by atoms with E-state index in [1.54, 1.807) is 6.26 Å². The Morgan fingerprint density at radius 3 is 2.96 bits per heavy atom. The monoisotopic (exact) mass is 391 g/mol. The fraction of sp³-hybridized carbons (Fsp3) is 0.579. The van der Waals surface area contributed by atoms with E-state index in [-0.39, 0.29) is 12.3 Å². The number of carbonyl (C=O) groups excluding carboxylic acids is 1. The van der Waals surface area contributed by atoms with Crippen LogP contribution in [0.5, 0.6) is 0 Å². The van der Waals surface area contributed by atoms with Crippen molar-refractivity contribution in [1.29, 1.82) is 0 Å². The van der Waals surface area contributed by atoms with Gasteiger partial charge in [0.05, 0.1) is 38.2 Å². The number of ether oxygens (including phenoxy) is 2. The second-order valence-electron chi connectivity index (χ2n) is 6.94. The van der Waals surface area contributed by atoms with Gasteiger partial charge in [-0.15, -0.1) is 11.3 Å². The standard InChI is InChI=1S/C19H25N3O4S/c23-18(10-15-13-27-19(21-15)17-2-1-6-26-17)20-11-16(14-3-7-25-12-14)22-4-8-24-9-5-22/h1-2,6,13-14,16H,3-5,7-12H2,(H,20,23)/t14-,16-/m0/s1. The van der Waals surface area contributed by atoms with Crippen LogP contribution in [0.4, 0.5) is 0 Å². The van der Waals surface area contributed by atoms with Crippen LogP contribution in [0.15, 0.2) is 28.2 Å². The molecule has 27 heavy (non-hydrogen) atoms. The first-order chi connectivity index (χ1) is 13.3. The van der Waals surface area contributed by atoms with Gasteiger partial charge in [0.1, 0.15) is 0 Å². The number of thiazole rings is 1. The van der Waals surface area contributed by atoms with Crippen molar-refractivity contribution < 1.29 is 18.7 Å². The van der Waals surface area contributed by atoms with E-state index < -0.39 is 0 Å². The fourth-order valence-electron chi connectivity index (χ4n) is 3.71. The molecule has 0 saturated carbocycles. The van der Waals surface area contributed by atoms with E-state index in [1.807, 2.05) is 17.5 Å². The lowest BCUT2D eigenvalue weighted by Gasteiger charge is -2.37. The average Bonchev–Trinajstić information content (AvgIpc) is 3.45. The molecule has 0 aliphatic carbocycles. The predicted molar refractivity (Wildman–Crippen MR) is 102 cm³/mol. The molecule has 0 spiro atoms. The van der Waals surface area contributed by atoms with Gasteiger partial charge in [-0.25, -0.2) is 4.98 Å². The van der Waals surface area contributed by atoms with Crippen LogP contribution in [-0.2, 0) is 20.7 Å². The zero-order chi connectivity index (χ0) is 18.5. The van der Waals surface area contributed by atoms with Crippen molar-refractivity contribution in [3.63, 3.8) is 0 Å². The van der Waals surface area contributed by atoms with Crippen LogP contribution in [0.1, 0.15) is 12.1 Å². The minimum Gasteiger partial charge on any atom is -0.462 e. The smallest absolute Gasteiger partial charge is 0.226 e. The second-order valence-corrected chi connectivity index (χ2v) is 7.80. The molecule has 1 amide bonds. The van der Waals surface area contributed by atoms with E-state index in [4.69, 9.17) is 13.9 Å². The summed E-state index contributed by atoms with van der Waals surface area (Å²) in [5.41, 5.74) is 0.774. The van der Waals surface area contributed by atoms with Crippen molar-refractivity contribution in [3.05, 3.63) is 29.5 Å². The zero-order valence-corrected chi connectivity index (χ0v) is 16.1.